The van der Waals surface area contributed by atoms with Crippen molar-refractivity contribution in [3.05, 3.63) is 29.3 Å². The summed E-state index contributed by atoms with van der Waals surface area (Å²) < 4.78 is 2.14. The predicted molar refractivity (Wildman–Crippen MR) is 51.3 cm³/mol. The maximum absolute atomic E-state index is 5.42. The smallest absolute Gasteiger partial charge is 0.240 e. The highest BCUT2D eigenvalue weighted by Gasteiger charge is 2.05. The Bertz CT molecular complexity index is 410. The molecule has 2 aromatic heterocycles. The van der Waals surface area contributed by atoms with E-state index in [2.05, 4.69) is 31.0 Å². The van der Waals surface area contributed by atoms with Gasteiger partial charge in [-0.25, -0.2) is 4.68 Å². The van der Waals surface area contributed by atoms with Crippen molar-refractivity contribution in [2.45, 2.75) is 0 Å². The fraction of sp³-hybridized carbons (Fsp3) is 0. The molecule has 2 aromatic rings. The van der Waals surface area contributed by atoms with E-state index >= 15 is 0 Å². The standard InChI is InChI=1S/C7H6BrN5/c8-6-11-7(9)12-13(6)5-2-1-3-10-4-5/h1-4H,(H2,9,12). The Hall–Kier alpha value is -1.43. The fourth-order valence-corrected chi connectivity index (χ4v) is 1.42. The molecule has 2 rings (SSSR count). The summed E-state index contributed by atoms with van der Waals surface area (Å²) in [5.41, 5.74) is 6.24. The van der Waals surface area contributed by atoms with Crippen LogP contribution in [-0.4, -0.2) is 19.7 Å². The van der Waals surface area contributed by atoms with E-state index in [4.69, 9.17) is 5.73 Å². The Morgan fingerprint density at radius 3 is 2.85 bits per heavy atom. The fourth-order valence-electron chi connectivity index (χ4n) is 0.951. The number of nitrogens with two attached hydrogens (primary N) is 1. The van der Waals surface area contributed by atoms with Crippen molar-refractivity contribution < 1.29 is 0 Å². The topological polar surface area (TPSA) is 69.6 Å². The van der Waals surface area contributed by atoms with Crippen LogP contribution in [0.3, 0.4) is 0 Å². The van der Waals surface area contributed by atoms with E-state index < -0.39 is 0 Å². The van der Waals surface area contributed by atoms with Gasteiger partial charge in [-0.15, -0.1) is 5.10 Å². The Kier molecular flexibility index (Phi) is 1.97. The maximum Gasteiger partial charge on any atom is 0.240 e. The summed E-state index contributed by atoms with van der Waals surface area (Å²) in [5, 5.41) is 3.98. The van der Waals surface area contributed by atoms with Gasteiger partial charge in [-0.1, -0.05) is 0 Å². The van der Waals surface area contributed by atoms with E-state index in [1.807, 2.05) is 12.1 Å². The highest BCUT2D eigenvalue weighted by molar-refractivity contribution is 9.10. The molecule has 0 unspecified atom stereocenters. The highest BCUT2D eigenvalue weighted by Crippen LogP contribution is 2.13. The van der Waals surface area contributed by atoms with Crippen molar-refractivity contribution in [2.75, 3.05) is 5.73 Å². The van der Waals surface area contributed by atoms with E-state index in [0.29, 0.717) is 4.73 Å². The summed E-state index contributed by atoms with van der Waals surface area (Å²) in [4.78, 5) is 7.87. The first-order valence-electron chi connectivity index (χ1n) is 3.56. The van der Waals surface area contributed by atoms with Crippen LogP contribution < -0.4 is 5.73 Å². The van der Waals surface area contributed by atoms with Crippen LogP contribution in [0.5, 0.6) is 0 Å². The first-order valence-corrected chi connectivity index (χ1v) is 4.35. The molecule has 0 aromatic carbocycles. The van der Waals surface area contributed by atoms with Gasteiger partial charge in [0.15, 0.2) is 0 Å². The van der Waals surface area contributed by atoms with Crippen molar-refractivity contribution in [2.24, 2.45) is 0 Å². The van der Waals surface area contributed by atoms with Crippen LogP contribution in [0.15, 0.2) is 29.3 Å². The summed E-state index contributed by atoms with van der Waals surface area (Å²) in [6.07, 6.45) is 3.37. The van der Waals surface area contributed by atoms with Crippen molar-refractivity contribution in [1.82, 2.24) is 19.7 Å². The van der Waals surface area contributed by atoms with Crippen LogP contribution in [-0.2, 0) is 0 Å². The second kappa shape index (κ2) is 3.14. The molecule has 6 heteroatoms. The number of hydrogen-bond donors (Lipinski definition) is 1. The van der Waals surface area contributed by atoms with Gasteiger partial charge in [0.2, 0.25) is 10.7 Å². The van der Waals surface area contributed by atoms with Crippen LogP contribution in [0.2, 0.25) is 0 Å². The lowest BCUT2D eigenvalue weighted by atomic mass is 10.4. The van der Waals surface area contributed by atoms with E-state index in [1.54, 1.807) is 17.1 Å². The Morgan fingerprint density at radius 2 is 2.31 bits per heavy atom. The minimum atomic E-state index is 0.232. The number of anilines is 1. The van der Waals surface area contributed by atoms with Crippen LogP contribution in [0.1, 0.15) is 0 Å². The highest BCUT2D eigenvalue weighted by atomic mass is 79.9. The van der Waals surface area contributed by atoms with Crippen molar-refractivity contribution in [3.63, 3.8) is 0 Å². The number of halogens is 1. The van der Waals surface area contributed by atoms with Gasteiger partial charge in [-0.05, 0) is 28.1 Å². The minimum absolute atomic E-state index is 0.232. The van der Waals surface area contributed by atoms with Crippen molar-refractivity contribution in [3.8, 4) is 5.69 Å². The zero-order chi connectivity index (χ0) is 9.26. The van der Waals surface area contributed by atoms with Gasteiger partial charge in [0.25, 0.3) is 0 Å². The van der Waals surface area contributed by atoms with Gasteiger partial charge >= 0.3 is 0 Å². The number of rotatable bonds is 1. The monoisotopic (exact) mass is 239 g/mol. The second-order valence-corrected chi connectivity index (χ2v) is 3.07. The molecule has 0 bridgehead atoms. The molecule has 0 aliphatic carbocycles. The van der Waals surface area contributed by atoms with Gasteiger partial charge in [0.1, 0.15) is 0 Å². The molecule has 0 radical (unpaired) electrons. The van der Waals surface area contributed by atoms with Crippen LogP contribution in [0, 0.1) is 0 Å². The first kappa shape index (κ1) is 8.18. The van der Waals surface area contributed by atoms with Gasteiger partial charge in [-0.2, -0.15) is 4.98 Å². The van der Waals surface area contributed by atoms with Crippen molar-refractivity contribution in [1.29, 1.82) is 0 Å². The molecular formula is C7H6BrN5. The van der Waals surface area contributed by atoms with Crippen LogP contribution >= 0.6 is 15.9 Å². The zero-order valence-corrected chi connectivity index (χ0v) is 8.14. The molecule has 2 N–H and O–H groups in total. The van der Waals surface area contributed by atoms with Gasteiger partial charge in [-0.3, -0.25) is 4.98 Å². The number of pyridine rings is 1. The Balaban J connectivity index is 2.53. The molecule has 66 valence electrons. The maximum atomic E-state index is 5.42. The summed E-state index contributed by atoms with van der Waals surface area (Å²) >= 11 is 3.24. The molecule has 0 fully saturated rings. The molecular weight excluding hydrogens is 234 g/mol. The molecule has 0 spiro atoms. The second-order valence-electron chi connectivity index (χ2n) is 2.36. The quantitative estimate of drug-likeness (QED) is 0.807. The first-order chi connectivity index (χ1) is 6.27. The SMILES string of the molecule is Nc1nc(Br)n(-c2cccnc2)n1. The lowest BCUT2D eigenvalue weighted by Gasteiger charge is -1.98. The summed E-state index contributed by atoms with van der Waals surface area (Å²) in [7, 11) is 0. The number of aromatic nitrogens is 4. The molecule has 5 nitrogen and oxygen atoms in total. The lowest BCUT2D eigenvalue weighted by molar-refractivity contribution is 0.854. The molecule has 0 saturated carbocycles. The van der Waals surface area contributed by atoms with E-state index in [-0.39, 0.29) is 5.95 Å². The number of hydrogen-bond acceptors (Lipinski definition) is 4. The molecule has 0 aliphatic heterocycles. The average molecular weight is 240 g/mol. The third kappa shape index (κ3) is 1.52. The van der Waals surface area contributed by atoms with Crippen LogP contribution in [0.25, 0.3) is 5.69 Å². The largest absolute Gasteiger partial charge is 0.366 e. The van der Waals surface area contributed by atoms with E-state index in [9.17, 15) is 0 Å². The molecule has 0 amide bonds. The van der Waals surface area contributed by atoms with E-state index in [1.165, 1.54) is 0 Å². The molecule has 0 saturated heterocycles. The Labute approximate surface area is 82.7 Å². The predicted octanol–water partition coefficient (Wildman–Crippen LogP) is 1.01. The average Bonchev–Trinajstić information content (AvgIpc) is 2.47. The molecule has 0 atom stereocenters. The van der Waals surface area contributed by atoms with Gasteiger partial charge < -0.3 is 5.73 Å². The lowest BCUT2D eigenvalue weighted by Crippen LogP contribution is -1.97. The van der Waals surface area contributed by atoms with Gasteiger partial charge in [0.05, 0.1) is 11.9 Å². The molecule has 13 heavy (non-hydrogen) atoms. The third-order valence-electron chi connectivity index (χ3n) is 1.47. The third-order valence-corrected chi connectivity index (χ3v) is 1.99. The Morgan fingerprint density at radius 1 is 1.46 bits per heavy atom. The summed E-state index contributed by atoms with van der Waals surface area (Å²) in [6, 6.07) is 3.69. The number of nitrogens with zero attached hydrogens (tertiary/aromatic N) is 4. The summed E-state index contributed by atoms with van der Waals surface area (Å²) in [6.45, 7) is 0. The zero-order valence-electron chi connectivity index (χ0n) is 6.55. The van der Waals surface area contributed by atoms with Gasteiger partial charge in [0, 0.05) is 6.20 Å². The van der Waals surface area contributed by atoms with E-state index in [0.717, 1.165) is 5.69 Å². The minimum Gasteiger partial charge on any atom is -0.366 e. The molecule has 2 heterocycles. The van der Waals surface area contributed by atoms with Crippen molar-refractivity contribution >= 4 is 21.9 Å². The normalized spacial score (nSPS) is 10.2. The number of nitrogen functional groups attached to an aromatic ring is 1. The summed E-state index contributed by atoms with van der Waals surface area (Å²) in [5.74, 6) is 0.232. The van der Waals surface area contributed by atoms with Crippen LogP contribution in [0.4, 0.5) is 5.95 Å². The molecule has 0 aliphatic rings.